The fourth-order valence-corrected chi connectivity index (χ4v) is 2.19. The maximum Gasteiger partial charge on any atom is 0.225 e. The van der Waals surface area contributed by atoms with Crippen LogP contribution in [0.4, 0.5) is 5.82 Å². The number of aromatic nitrogens is 1. The number of amides is 1. The second kappa shape index (κ2) is 5.07. The molecule has 0 radical (unpaired) electrons. The summed E-state index contributed by atoms with van der Waals surface area (Å²) in [4.78, 5) is 15.8. The third-order valence-corrected chi connectivity index (χ3v) is 3.10. The van der Waals surface area contributed by atoms with Crippen molar-refractivity contribution < 1.29 is 4.79 Å². The molecule has 0 aromatic carbocycles. The molecule has 1 aromatic rings. The molecule has 1 saturated carbocycles. The Kier molecular flexibility index (Phi) is 3.51. The molecule has 1 aliphatic rings. The maximum absolute atomic E-state index is 11.7. The molecule has 0 unspecified atom stereocenters. The van der Waals surface area contributed by atoms with Crippen molar-refractivity contribution in [3.05, 3.63) is 24.4 Å². The van der Waals surface area contributed by atoms with E-state index in [9.17, 15) is 4.79 Å². The topological polar surface area (TPSA) is 68.0 Å². The summed E-state index contributed by atoms with van der Waals surface area (Å²) in [5, 5.41) is 2.78. The molecule has 16 heavy (non-hydrogen) atoms. The lowest BCUT2D eigenvalue weighted by atomic mass is 10.00. The molecule has 0 spiro atoms. The van der Waals surface area contributed by atoms with Crippen molar-refractivity contribution in [3.63, 3.8) is 0 Å². The zero-order valence-electron chi connectivity index (χ0n) is 9.23. The molecule has 0 saturated heterocycles. The van der Waals surface area contributed by atoms with Crippen LogP contribution >= 0.6 is 0 Å². The first-order chi connectivity index (χ1) is 7.75. The van der Waals surface area contributed by atoms with Gasteiger partial charge in [0.05, 0.1) is 0 Å². The fraction of sp³-hybridized carbons (Fsp3) is 0.500. The van der Waals surface area contributed by atoms with E-state index in [1.165, 1.54) is 0 Å². The van der Waals surface area contributed by atoms with Crippen molar-refractivity contribution in [1.29, 1.82) is 0 Å². The molecule has 4 nitrogen and oxygen atoms in total. The van der Waals surface area contributed by atoms with Crippen LogP contribution in [0.1, 0.15) is 25.7 Å². The second-order valence-electron chi connectivity index (χ2n) is 4.32. The monoisotopic (exact) mass is 219 g/mol. The molecule has 1 aliphatic carbocycles. The lowest BCUT2D eigenvalue weighted by Crippen LogP contribution is -2.28. The van der Waals surface area contributed by atoms with Gasteiger partial charge in [0.15, 0.2) is 0 Å². The number of nitrogens with zero attached hydrogens (tertiary/aromatic N) is 1. The molecular weight excluding hydrogens is 202 g/mol. The van der Waals surface area contributed by atoms with Gasteiger partial charge in [-0.1, -0.05) is 12.5 Å². The molecule has 4 heteroatoms. The highest BCUT2D eigenvalue weighted by Gasteiger charge is 2.25. The smallest absolute Gasteiger partial charge is 0.225 e. The minimum atomic E-state index is 0.0149. The van der Waals surface area contributed by atoms with Gasteiger partial charge in [0.1, 0.15) is 5.82 Å². The van der Waals surface area contributed by atoms with Crippen LogP contribution in [-0.4, -0.2) is 16.9 Å². The first-order valence-corrected chi connectivity index (χ1v) is 5.72. The first kappa shape index (κ1) is 11.1. The Hall–Kier alpha value is -1.42. The molecule has 1 heterocycles. The number of hydrogen-bond acceptors (Lipinski definition) is 3. The number of rotatable bonds is 3. The van der Waals surface area contributed by atoms with E-state index in [2.05, 4.69) is 10.3 Å². The number of nitrogens with two attached hydrogens (primary N) is 1. The Morgan fingerprint density at radius 1 is 1.50 bits per heavy atom. The zero-order chi connectivity index (χ0) is 11.4. The van der Waals surface area contributed by atoms with Crippen LogP contribution in [0.15, 0.2) is 24.4 Å². The molecule has 0 aliphatic heterocycles. The number of carbonyl (C=O) groups is 1. The maximum atomic E-state index is 11.7. The summed E-state index contributed by atoms with van der Waals surface area (Å²) in [6.07, 6.45) is 5.43. The van der Waals surface area contributed by atoms with Gasteiger partial charge in [-0.05, 0) is 30.9 Å². The van der Waals surface area contributed by atoms with Crippen molar-refractivity contribution in [2.45, 2.75) is 31.7 Å². The van der Waals surface area contributed by atoms with Crippen LogP contribution in [0.25, 0.3) is 0 Å². The number of nitrogens with one attached hydrogen (secondary N) is 1. The van der Waals surface area contributed by atoms with Gasteiger partial charge in [0.2, 0.25) is 5.91 Å². The summed E-state index contributed by atoms with van der Waals surface area (Å²) in [6.45, 7) is 0. The summed E-state index contributed by atoms with van der Waals surface area (Å²) in [6, 6.07) is 5.65. The quantitative estimate of drug-likeness (QED) is 0.810. The van der Waals surface area contributed by atoms with Crippen molar-refractivity contribution in [1.82, 2.24) is 4.98 Å². The van der Waals surface area contributed by atoms with E-state index in [4.69, 9.17) is 5.73 Å². The van der Waals surface area contributed by atoms with Crippen molar-refractivity contribution >= 4 is 11.7 Å². The normalized spacial score (nSPS) is 24.3. The van der Waals surface area contributed by atoms with Crippen molar-refractivity contribution in [3.8, 4) is 0 Å². The number of hydrogen-bond donors (Lipinski definition) is 2. The molecule has 0 bridgehead atoms. The highest BCUT2D eigenvalue weighted by molar-refractivity contribution is 5.89. The van der Waals surface area contributed by atoms with Gasteiger partial charge in [-0.15, -0.1) is 0 Å². The van der Waals surface area contributed by atoms with Crippen molar-refractivity contribution in [2.24, 2.45) is 11.7 Å². The third-order valence-electron chi connectivity index (χ3n) is 3.10. The lowest BCUT2D eigenvalue weighted by Gasteiger charge is -2.14. The summed E-state index contributed by atoms with van der Waals surface area (Å²) in [7, 11) is 0. The number of carbonyl (C=O) groups excluding carboxylic acids is 1. The minimum absolute atomic E-state index is 0.0149. The molecule has 3 N–H and O–H groups in total. The molecule has 86 valence electrons. The van der Waals surface area contributed by atoms with Crippen LogP contribution in [-0.2, 0) is 4.79 Å². The van der Waals surface area contributed by atoms with Gasteiger partial charge >= 0.3 is 0 Å². The van der Waals surface area contributed by atoms with E-state index in [0.29, 0.717) is 18.2 Å². The Labute approximate surface area is 95.3 Å². The largest absolute Gasteiger partial charge is 0.327 e. The van der Waals surface area contributed by atoms with E-state index in [0.717, 1.165) is 19.3 Å². The highest BCUT2D eigenvalue weighted by Crippen LogP contribution is 2.26. The minimum Gasteiger partial charge on any atom is -0.327 e. The summed E-state index contributed by atoms with van der Waals surface area (Å²) in [5.74, 6) is 0.962. The number of anilines is 1. The van der Waals surface area contributed by atoms with Crippen molar-refractivity contribution in [2.75, 3.05) is 5.32 Å². The number of pyridine rings is 1. The van der Waals surface area contributed by atoms with Gasteiger partial charge in [0.25, 0.3) is 0 Å². The second-order valence-corrected chi connectivity index (χ2v) is 4.32. The Balaban J connectivity index is 1.85. The van der Waals surface area contributed by atoms with Crippen LogP contribution in [0.2, 0.25) is 0 Å². The van der Waals surface area contributed by atoms with Gasteiger partial charge < -0.3 is 11.1 Å². The highest BCUT2D eigenvalue weighted by atomic mass is 16.1. The summed E-state index contributed by atoms with van der Waals surface area (Å²) < 4.78 is 0. The predicted octanol–water partition coefficient (Wildman–Crippen LogP) is 1.54. The zero-order valence-corrected chi connectivity index (χ0v) is 9.23. The van der Waals surface area contributed by atoms with Crippen LogP contribution in [0.5, 0.6) is 0 Å². The standard InChI is InChI=1S/C12H17N3O/c13-10-5-3-4-9(10)8-12(16)15-11-6-1-2-7-14-11/h1-2,6-7,9-10H,3-5,8,13H2,(H,14,15,16)/t9-,10+/m0/s1. The van der Waals surface area contributed by atoms with E-state index in [-0.39, 0.29) is 11.9 Å². The molecule has 2 atom stereocenters. The summed E-state index contributed by atoms with van der Waals surface area (Å²) in [5.41, 5.74) is 5.93. The molecule has 1 amide bonds. The average molecular weight is 219 g/mol. The SMILES string of the molecule is N[C@@H]1CCC[C@H]1CC(=O)Nc1ccccn1. The first-order valence-electron chi connectivity index (χ1n) is 5.72. The molecular formula is C12H17N3O. The van der Waals surface area contributed by atoms with E-state index in [1.807, 2.05) is 12.1 Å². The summed E-state index contributed by atoms with van der Waals surface area (Å²) >= 11 is 0. The Morgan fingerprint density at radius 3 is 3.00 bits per heavy atom. The fourth-order valence-electron chi connectivity index (χ4n) is 2.19. The Bertz CT molecular complexity index is 353. The van der Waals surface area contributed by atoms with Crippen LogP contribution < -0.4 is 11.1 Å². The third kappa shape index (κ3) is 2.79. The molecule has 1 aromatic heterocycles. The van der Waals surface area contributed by atoms with E-state index < -0.39 is 0 Å². The van der Waals surface area contributed by atoms with Gasteiger partial charge in [0, 0.05) is 18.7 Å². The van der Waals surface area contributed by atoms with Crippen LogP contribution in [0, 0.1) is 5.92 Å². The Morgan fingerprint density at radius 2 is 2.38 bits per heavy atom. The van der Waals surface area contributed by atoms with E-state index in [1.54, 1.807) is 12.3 Å². The average Bonchev–Trinajstić information content (AvgIpc) is 2.66. The molecule has 1 fully saturated rings. The van der Waals surface area contributed by atoms with Gasteiger partial charge in [-0.2, -0.15) is 0 Å². The molecule has 2 rings (SSSR count). The van der Waals surface area contributed by atoms with Crippen LogP contribution in [0.3, 0.4) is 0 Å². The van der Waals surface area contributed by atoms with Gasteiger partial charge in [-0.3, -0.25) is 4.79 Å². The van der Waals surface area contributed by atoms with Gasteiger partial charge in [-0.25, -0.2) is 4.98 Å². The van der Waals surface area contributed by atoms with E-state index >= 15 is 0 Å². The lowest BCUT2D eigenvalue weighted by molar-refractivity contribution is -0.117. The predicted molar refractivity (Wildman–Crippen MR) is 62.8 cm³/mol.